The summed E-state index contributed by atoms with van der Waals surface area (Å²) in [5, 5.41) is 6.57. The molecule has 0 atom stereocenters. The molecule has 2 aromatic heterocycles. The Hall–Kier alpha value is -2.64. The lowest BCUT2D eigenvalue weighted by molar-refractivity contribution is -0.131. The summed E-state index contributed by atoms with van der Waals surface area (Å²) in [5.74, 6) is 0.466. The largest absolute Gasteiger partial charge is 0.461 e. The van der Waals surface area contributed by atoms with E-state index in [0.717, 1.165) is 12.8 Å². The third kappa shape index (κ3) is 3.25. The average molecular weight is 318 g/mol. The number of nitrogens with two attached hydrogens (primary N) is 1. The van der Waals surface area contributed by atoms with Crippen LogP contribution in [0.2, 0.25) is 0 Å². The predicted octanol–water partition coefficient (Wildman–Crippen LogP) is 1.18. The summed E-state index contributed by atoms with van der Waals surface area (Å²) < 4.78 is 10.3. The molecule has 8 heteroatoms. The van der Waals surface area contributed by atoms with Gasteiger partial charge >= 0.3 is 0 Å². The number of hydrogen-bond donors (Lipinski definition) is 2. The van der Waals surface area contributed by atoms with Gasteiger partial charge in [0.2, 0.25) is 23.5 Å². The summed E-state index contributed by atoms with van der Waals surface area (Å²) in [6, 6.07) is 3.45. The highest BCUT2D eigenvalue weighted by molar-refractivity contribution is 5.90. The maximum atomic E-state index is 12.1. The van der Waals surface area contributed by atoms with Crippen LogP contribution in [0.3, 0.4) is 0 Å². The van der Waals surface area contributed by atoms with Crippen LogP contribution in [0, 0.1) is 0 Å². The van der Waals surface area contributed by atoms with Crippen molar-refractivity contribution in [3.63, 3.8) is 0 Å². The summed E-state index contributed by atoms with van der Waals surface area (Å²) in [6.45, 7) is 0. The molecule has 1 fully saturated rings. The maximum Gasteiger partial charge on any atom is 0.243 e. The van der Waals surface area contributed by atoms with Crippen LogP contribution in [0.5, 0.6) is 0 Å². The Bertz CT molecular complexity index is 686. The van der Waals surface area contributed by atoms with Crippen LogP contribution < -0.4 is 11.1 Å². The fraction of sp³-hybridized carbons (Fsp3) is 0.467. The molecule has 0 radical (unpaired) electrons. The number of nitrogens with zero attached hydrogens (tertiary/aromatic N) is 2. The van der Waals surface area contributed by atoms with Gasteiger partial charge in [0.1, 0.15) is 5.54 Å². The summed E-state index contributed by atoms with van der Waals surface area (Å²) in [6.07, 6.45) is 4.92. The molecule has 1 aliphatic carbocycles. The van der Waals surface area contributed by atoms with Gasteiger partial charge in [0, 0.05) is 12.8 Å². The van der Waals surface area contributed by atoms with E-state index in [2.05, 4.69) is 15.5 Å². The first kappa shape index (κ1) is 15.3. The monoisotopic (exact) mass is 318 g/mol. The lowest BCUT2D eigenvalue weighted by atomic mass is 9.96. The highest BCUT2D eigenvalue weighted by Gasteiger charge is 2.40. The molecule has 122 valence electrons. The van der Waals surface area contributed by atoms with Gasteiger partial charge in [-0.25, -0.2) is 0 Å². The molecule has 0 saturated heterocycles. The molecule has 2 amide bonds. The van der Waals surface area contributed by atoms with Crippen LogP contribution >= 0.6 is 0 Å². The number of carbonyl (C=O) groups is 2. The average Bonchev–Trinajstić information content (AvgIpc) is 3.26. The van der Waals surface area contributed by atoms with Gasteiger partial charge in [0.15, 0.2) is 5.76 Å². The van der Waals surface area contributed by atoms with Crippen molar-refractivity contribution in [1.29, 1.82) is 0 Å². The van der Waals surface area contributed by atoms with E-state index in [9.17, 15) is 9.59 Å². The van der Waals surface area contributed by atoms with Crippen LogP contribution in [-0.2, 0) is 16.0 Å². The van der Waals surface area contributed by atoms with Crippen molar-refractivity contribution in [2.45, 2.75) is 44.1 Å². The molecule has 0 bridgehead atoms. The molecule has 0 spiro atoms. The van der Waals surface area contributed by atoms with E-state index in [1.807, 2.05) is 0 Å². The lowest BCUT2D eigenvalue weighted by Gasteiger charge is -2.26. The number of hydrogen-bond acceptors (Lipinski definition) is 6. The normalized spacial score (nSPS) is 16.3. The standard InChI is InChI=1S/C15H18N4O4/c16-14(21)15(7-1-2-8-15)18-11(20)5-6-12-17-13(19-23-12)10-4-3-9-22-10/h3-4,9H,1-2,5-8H2,(H2,16,21)(H,18,20). The van der Waals surface area contributed by atoms with E-state index >= 15 is 0 Å². The summed E-state index contributed by atoms with van der Waals surface area (Å²) in [5.41, 5.74) is 4.54. The van der Waals surface area contributed by atoms with Crippen molar-refractivity contribution < 1.29 is 18.5 Å². The van der Waals surface area contributed by atoms with E-state index in [4.69, 9.17) is 14.7 Å². The number of furan rings is 1. The third-order valence-electron chi connectivity index (χ3n) is 4.08. The number of primary amides is 1. The van der Waals surface area contributed by atoms with Gasteiger partial charge in [-0.3, -0.25) is 9.59 Å². The van der Waals surface area contributed by atoms with Gasteiger partial charge in [0.25, 0.3) is 0 Å². The SMILES string of the molecule is NC(=O)C1(NC(=O)CCc2nc(-c3ccco3)no2)CCCC1. The van der Waals surface area contributed by atoms with Crippen molar-refractivity contribution in [3.8, 4) is 11.6 Å². The van der Waals surface area contributed by atoms with Crippen LogP contribution in [0.4, 0.5) is 0 Å². The van der Waals surface area contributed by atoms with Crippen LogP contribution in [-0.4, -0.2) is 27.5 Å². The maximum absolute atomic E-state index is 12.1. The Kier molecular flexibility index (Phi) is 4.14. The van der Waals surface area contributed by atoms with E-state index < -0.39 is 11.4 Å². The molecule has 8 nitrogen and oxygen atoms in total. The van der Waals surface area contributed by atoms with Gasteiger partial charge in [-0.2, -0.15) is 4.98 Å². The number of aryl methyl sites for hydroxylation is 1. The second kappa shape index (κ2) is 6.23. The minimum atomic E-state index is -0.898. The predicted molar refractivity (Wildman–Crippen MR) is 78.9 cm³/mol. The molecule has 3 rings (SSSR count). The van der Waals surface area contributed by atoms with Crippen molar-refractivity contribution in [2.24, 2.45) is 5.73 Å². The fourth-order valence-corrected chi connectivity index (χ4v) is 2.82. The van der Waals surface area contributed by atoms with Gasteiger partial charge < -0.3 is 20.0 Å². The number of nitrogens with one attached hydrogen (secondary N) is 1. The van der Waals surface area contributed by atoms with Crippen molar-refractivity contribution >= 4 is 11.8 Å². The van der Waals surface area contributed by atoms with E-state index in [0.29, 0.717) is 30.3 Å². The lowest BCUT2D eigenvalue weighted by Crippen LogP contribution is -2.55. The van der Waals surface area contributed by atoms with Crippen LogP contribution in [0.15, 0.2) is 27.3 Å². The molecule has 2 heterocycles. The molecule has 0 unspecified atom stereocenters. The molecular formula is C15H18N4O4. The summed E-state index contributed by atoms with van der Waals surface area (Å²) >= 11 is 0. The molecule has 0 aromatic carbocycles. The Labute approximate surface area is 132 Å². The Balaban J connectivity index is 1.56. The third-order valence-corrected chi connectivity index (χ3v) is 4.08. The number of carbonyl (C=O) groups excluding carboxylic acids is 2. The molecule has 3 N–H and O–H groups in total. The highest BCUT2D eigenvalue weighted by atomic mass is 16.5. The number of rotatable bonds is 6. The number of aromatic nitrogens is 2. The first-order valence-electron chi connectivity index (χ1n) is 7.56. The smallest absolute Gasteiger partial charge is 0.243 e. The zero-order valence-corrected chi connectivity index (χ0v) is 12.6. The minimum absolute atomic E-state index is 0.148. The molecule has 0 aliphatic heterocycles. The van der Waals surface area contributed by atoms with Crippen molar-refractivity contribution in [1.82, 2.24) is 15.5 Å². The number of amides is 2. The van der Waals surface area contributed by atoms with Crippen LogP contribution in [0.25, 0.3) is 11.6 Å². The summed E-state index contributed by atoms with van der Waals surface area (Å²) in [7, 11) is 0. The first-order valence-corrected chi connectivity index (χ1v) is 7.56. The van der Waals surface area contributed by atoms with E-state index in [1.54, 1.807) is 12.1 Å². The second-order valence-corrected chi connectivity index (χ2v) is 5.69. The van der Waals surface area contributed by atoms with E-state index in [-0.39, 0.29) is 18.7 Å². The molecule has 1 saturated carbocycles. The molecule has 1 aliphatic rings. The minimum Gasteiger partial charge on any atom is -0.461 e. The Morgan fingerprint density at radius 1 is 1.35 bits per heavy atom. The highest BCUT2D eigenvalue weighted by Crippen LogP contribution is 2.29. The zero-order valence-electron chi connectivity index (χ0n) is 12.6. The Morgan fingerprint density at radius 2 is 2.13 bits per heavy atom. The molecule has 2 aromatic rings. The van der Waals surface area contributed by atoms with Crippen LogP contribution in [0.1, 0.15) is 38.0 Å². The van der Waals surface area contributed by atoms with Crippen molar-refractivity contribution in [3.05, 3.63) is 24.3 Å². The molecular weight excluding hydrogens is 300 g/mol. The van der Waals surface area contributed by atoms with E-state index in [1.165, 1.54) is 6.26 Å². The fourth-order valence-electron chi connectivity index (χ4n) is 2.82. The topological polar surface area (TPSA) is 124 Å². The van der Waals surface area contributed by atoms with Crippen molar-refractivity contribution in [2.75, 3.05) is 0 Å². The Morgan fingerprint density at radius 3 is 2.78 bits per heavy atom. The quantitative estimate of drug-likeness (QED) is 0.824. The zero-order chi connectivity index (χ0) is 16.3. The summed E-state index contributed by atoms with van der Waals surface area (Å²) in [4.78, 5) is 27.9. The molecule has 23 heavy (non-hydrogen) atoms. The first-order chi connectivity index (χ1) is 11.1. The van der Waals surface area contributed by atoms with Gasteiger partial charge in [-0.05, 0) is 25.0 Å². The van der Waals surface area contributed by atoms with Gasteiger partial charge in [0.05, 0.1) is 6.26 Å². The van der Waals surface area contributed by atoms with Gasteiger partial charge in [-0.15, -0.1) is 0 Å². The van der Waals surface area contributed by atoms with Gasteiger partial charge in [-0.1, -0.05) is 18.0 Å². The second-order valence-electron chi connectivity index (χ2n) is 5.69.